The number of aliphatic hydroxyl groups excluding tert-OH is 1. The zero-order valence-corrected chi connectivity index (χ0v) is 29.2. The van der Waals surface area contributed by atoms with Gasteiger partial charge in [-0.2, -0.15) is 0 Å². The van der Waals surface area contributed by atoms with Crippen molar-refractivity contribution in [1.29, 1.82) is 0 Å². The van der Waals surface area contributed by atoms with Gasteiger partial charge in [-0.3, -0.25) is 19.2 Å². The van der Waals surface area contributed by atoms with Gasteiger partial charge in [-0.1, -0.05) is 54.6 Å². The van der Waals surface area contributed by atoms with Crippen LogP contribution >= 0.6 is 0 Å². The maximum atomic E-state index is 13.1. The number of hydrogen-bond acceptors (Lipinski definition) is 14. The molecule has 1 fully saturated rings. The molecule has 5 rings (SSSR count). The average molecular weight is 735 g/mol. The summed E-state index contributed by atoms with van der Waals surface area (Å²) in [7, 11) is 1.04. The minimum Gasteiger partial charge on any atom is -0.467 e. The molecule has 1 aliphatic carbocycles. The molecule has 0 aromatic heterocycles. The molecular weight excluding hydrogens is 696 g/mol. The van der Waals surface area contributed by atoms with Crippen molar-refractivity contribution in [2.45, 2.75) is 64.0 Å². The zero-order chi connectivity index (χ0) is 38.2. The van der Waals surface area contributed by atoms with E-state index < -0.39 is 79.7 Å². The quantitative estimate of drug-likeness (QED) is 0.181. The van der Waals surface area contributed by atoms with E-state index in [1.807, 2.05) is 48.5 Å². The fraction of sp³-hybridized carbons (Fsp3) is 0.351. The van der Waals surface area contributed by atoms with Crippen molar-refractivity contribution < 1.29 is 67.0 Å². The number of nitrogens with one attached hydrogen (secondary N) is 2. The van der Waals surface area contributed by atoms with Gasteiger partial charge in [-0.05, 0) is 39.9 Å². The first kappa shape index (κ1) is 38.2. The van der Waals surface area contributed by atoms with Gasteiger partial charge >= 0.3 is 30.0 Å². The molecule has 5 atom stereocenters. The third kappa shape index (κ3) is 9.09. The number of rotatable bonds is 12. The van der Waals surface area contributed by atoms with Gasteiger partial charge in [0.1, 0.15) is 18.9 Å². The molecule has 3 N–H and O–H groups in total. The monoisotopic (exact) mass is 734 g/mol. The second-order valence-electron chi connectivity index (χ2n) is 12.0. The van der Waals surface area contributed by atoms with Gasteiger partial charge in [-0.25, -0.2) is 9.59 Å². The number of methoxy groups -OCH3 is 1. The van der Waals surface area contributed by atoms with Crippen LogP contribution in [-0.4, -0.2) is 92.0 Å². The molecule has 0 radical (unpaired) electrons. The van der Waals surface area contributed by atoms with Crippen molar-refractivity contribution in [2.24, 2.45) is 0 Å². The summed E-state index contributed by atoms with van der Waals surface area (Å²) in [4.78, 5) is 74.9. The first-order valence-corrected chi connectivity index (χ1v) is 16.4. The van der Waals surface area contributed by atoms with E-state index in [1.54, 1.807) is 0 Å². The number of amides is 2. The number of carbonyl (C=O) groups is 6. The van der Waals surface area contributed by atoms with E-state index in [9.17, 15) is 33.9 Å². The molecule has 16 heteroatoms. The van der Waals surface area contributed by atoms with Crippen molar-refractivity contribution in [3.05, 3.63) is 83.4 Å². The van der Waals surface area contributed by atoms with Crippen LogP contribution in [0.1, 0.15) is 43.4 Å². The number of ether oxygens (including phenoxy) is 7. The number of fused-ring (bicyclic) bond motifs is 3. The van der Waals surface area contributed by atoms with Gasteiger partial charge in [0, 0.05) is 26.7 Å². The molecule has 53 heavy (non-hydrogen) atoms. The SMILES string of the molecule is COC(=O)[C@H]1O[C@@H](Oc2ccc(CO)cc2NC(=O)CNC(=O)OCC2c3ccccc3-c3ccccc32)[C@H](OC(C)=O)[C@@H](OC(C)=O)[C@@H]1OC(C)=O. The Balaban J connectivity index is 1.30. The summed E-state index contributed by atoms with van der Waals surface area (Å²) < 4.78 is 38.2. The second kappa shape index (κ2) is 17.0. The Morgan fingerprint density at radius 2 is 1.36 bits per heavy atom. The number of hydrogen-bond donors (Lipinski definition) is 3. The number of alkyl carbamates (subject to hydrolysis) is 1. The van der Waals surface area contributed by atoms with Crippen LogP contribution < -0.4 is 15.4 Å². The van der Waals surface area contributed by atoms with Gasteiger partial charge in [0.05, 0.1) is 19.4 Å². The number of aliphatic hydroxyl groups is 1. The lowest BCUT2D eigenvalue weighted by Crippen LogP contribution is -2.64. The topological polar surface area (TPSA) is 211 Å². The molecular formula is C37H38N2O14. The number of anilines is 1. The van der Waals surface area contributed by atoms with Crippen LogP contribution in [0.4, 0.5) is 10.5 Å². The summed E-state index contributed by atoms with van der Waals surface area (Å²) in [6.45, 7) is 2.22. The van der Waals surface area contributed by atoms with Crippen molar-refractivity contribution in [3.8, 4) is 16.9 Å². The minimum absolute atomic E-state index is 0.0261. The maximum absolute atomic E-state index is 13.1. The number of esters is 4. The molecule has 16 nitrogen and oxygen atoms in total. The Hall–Kier alpha value is -6.00. The summed E-state index contributed by atoms with van der Waals surface area (Å²) in [6.07, 6.45) is -9.12. The molecule has 1 heterocycles. The summed E-state index contributed by atoms with van der Waals surface area (Å²) >= 11 is 0. The van der Waals surface area contributed by atoms with Crippen LogP contribution in [0, 0.1) is 0 Å². The molecule has 0 bridgehead atoms. The first-order chi connectivity index (χ1) is 25.4. The van der Waals surface area contributed by atoms with E-state index >= 15 is 0 Å². The average Bonchev–Trinajstić information content (AvgIpc) is 3.45. The van der Waals surface area contributed by atoms with E-state index in [0.717, 1.165) is 50.1 Å². The van der Waals surface area contributed by atoms with Crippen molar-refractivity contribution in [1.82, 2.24) is 5.32 Å². The summed E-state index contributed by atoms with van der Waals surface area (Å²) in [5, 5.41) is 14.8. The van der Waals surface area contributed by atoms with Gasteiger partial charge in [0.2, 0.25) is 18.3 Å². The highest BCUT2D eigenvalue weighted by atomic mass is 16.7. The lowest BCUT2D eigenvalue weighted by atomic mass is 9.97. The van der Waals surface area contributed by atoms with Crippen LogP contribution in [0.3, 0.4) is 0 Å². The van der Waals surface area contributed by atoms with Crippen molar-refractivity contribution >= 4 is 41.6 Å². The lowest BCUT2D eigenvalue weighted by molar-refractivity contribution is -0.282. The number of benzene rings is 3. The van der Waals surface area contributed by atoms with Gasteiger partial charge in [0.25, 0.3) is 0 Å². The molecule has 1 aliphatic heterocycles. The van der Waals surface area contributed by atoms with Crippen LogP contribution in [0.5, 0.6) is 5.75 Å². The standard InChI is InChI=1S/C37H38N2O14/c1-19(41)49-31-32(50-20(2)42)34(51-21(3)43)36(53-33(31)35(45)47-4)52-29-14-13-22(17-40)15-28(29)39-30(44)16-38-37(46)48-18-27-25-11-7-5-9-23(25)24-10-6-8-12-26(24)27/h5-15,27,31-34,36,40H,16-18H2,1-4H3,(H,38,46)(H,39,44)/t31-,32-,33-,34+,36+/m0/s1. The molecule has 0 spiro atoms. The molecule has 2 aliphatic rings. The van der Waals surface area contributed by atoms with Gasteiger partial charge in [-0.15, -0.1) is 0 Å². The van der Waals surface area contributed by atoms with Crippen molar-refractivity contribution in [2.75, 3.05) is 25.6 Å². The lowest BCUT2D eigenvalue weighted by Gasteiger charge is -2.43. The fourth-order valence-electron chi connectivity index (χ4n) is 6.17. The van der Waals surface area contributed by atoms with E-state index in [-0.39, 0.29) is 24.0 Å². The Morgan fingerprint density at radius 1 is 0.774 bits per heavy atom. The Bertz CT molecular complexity index is 1830. The predicted octanol–water partition coefficient (Wildman–Crippen LogP) is 2.73. The van der Waals surface area contributed by atoms with Gasteiger partial charge < -0.3 is 48.9 Å². The Labute approximate surface area is 303 Å². The normalized spacial score (nSPS) is 20.1. The molecule has 3 aromatic rings. The third-order valence-electron chi connectivity index (χ3n) is 8.32. The van der Waals surface area contributed by atoms with E-state index in [0.29, 0.717) is 5.56 Å². The molecule has 0 unspecified atom stereocenters. The fourth-order valence-corrected chi connectivity index (χ4v) is 6.17. The molecule has 280 valence electrons. The molecule has 1 saturated heterocycles. The second-order valence-corrected chi connectivity index (χ2v) is 12.0. The van der Waals surface area contributed by atoms with Crippen molar-refractivity contribution in [3.63, 3.8) is 0 Å². The minimum atomic E-state index is -1.72. The van der Waals surface area contributed by atoms with Gasteiger partial charge in [0.15, 0.2) is 18.3 Å². The highest BCUT2D eigenvalue weighted by Gasteiger charge is 2.56. The summed E-state index contributed by atoms with van der Waals surface area (Å²) in [5.74, 6) is -4.68. The van der Waals surface area contributed by atoms with Crippen LogP contribution in [0.15, 0.2) is 66.7 Å². The largest absolute Gasteiger partial charge is 0.467 e. The van der Waals surface area contributed by atoms with Crippen LogP contribution in [-0.2, 0) is 59.0 Å². The van der Waals surface area contributed by atoms with E-state index in [2.05, 4.69) is 10.6 Å². The van der Waals surface area contributed by atoms with E-state index in [1.165, 1.54) is 18.2 Å². The summed E-state index contributed by atoms with van der Waals surface area (Å²) in [5.41, 5.74) is 4.48. The smallest absolute Gasteiger partial charge is 0.407 e. The highest BCUT2D eigenvalue weighted by molar-refractivity contribution is 5.95. The maximum Gasteiger partial charge on any atom is 0.407 e. The van der Waals surface area contributed by atoms with Crippen LogP contribution in [0.2, 0.25) is 0 Å². The predicted molar refractivity (Wildman–Crippen MR) is 182 cm³/mol. The third-order valence-corrected chi connectivity index (χ3v) is 8.32. The summed E-state index contributed by atoms with van der Waals surface area (Å²) in [6, 6.07) is 19.9. The Kier molecular flexibility index (Phi) is 12.3. The highest BCUT2D eigenvalue weighted by Crippen LogP contribution is 2.44. The zero-order valence-electron chi connectivity index (χ0n) is 29.2. The first-order valence-electron chi connectivity index (χ1n) is 16.4. The Morgan fingerprint density at radius 3 is 1.94 bits per heavy atom. The molecule has 2 amide bonds. The molecule has 0 saturated carbocycles. The van der Waals surface area contributed by atoms with Crippen LogP contribution in [0.25, 0.3) is 11.1 Å². The number of carbonyl (C=O) groups excluding carboxylic acids is 6. The van der Waals surface area contributed by atoms with E-state index in [4.69, 9.17) is 33.2 Å². The molecule has 3 aromatic carbocycles.